The molecule has 0 aliphatic carbocycles. The van der Waals surface area contributed by atoms with Crippen molar-refractivity contribution in [3.63, 3.8) is 0 Å². The van der Waals surface area contributed by atoms with Crippen molar-refractivity contribution in [2.45, 2.75) is 0 Å². The number of halogens is 3. The molecule has 0 saturated carbocycles. The van der Waals surface area contributed by atoms with Gasteiger partial charge in [-0.05, 0) is 48.5 Å². The number of hydrazone groups is 1. The van der Waals surface area contributed by atoms with Crippen LogP contribution in [0.1, 0.15) is 16.1 Å². The molecule has 3 aromatic rings. The van der Waals surface area contributed by atoms with Crippen LogP contribution in [0.25, 0.3) is 5.69 Å². The topological polar surface area (TPSA) is 46.4 Å². The van der Waals surface area contributed by atoms with E-state index in [1.54, 1.807) is 35.0 Å². The predicted molar refractivity (Wildman–Crippen MR) is 92.2 cm³/mol. The zero-order valence-corrected chi connectivity index (χ0v) is 13.5. The van der Waals surface area contributed by atoms with Crippen molar-refractivity contribution in [3.8, 4) is 5.69 Å². The van der Waals surface area contributed by atoms with Crippen LogP contribution in [0.5, 0.6) is 0 Å². The smallest absolute Gasteiger partial charge is 0.288 e. The summed E-state index contributed by atoms with van der Waals surface area (Å²) in [6, 6.07) is 13.2. The Morgan fingerprint density at radius 1 is 1.08 bits per heavy atom. The lowest BCUT2D eigenvalue weighted by atomic mass is 10.2. The van der Waals surface area contributed by atoms with Gasteiger partial charge in [-0.3, -0.25) is 4.79 Å². The molecule has 1 amide bonds. The summed E-state index contributed by atoms with van der Waals surface area (Å²) < 4.78 is 28.3. The molecule has 1 heterocycles. The third kappa shape index (κ3) is 3.75. The summed E-state index contributed by atoms with van der Waals surface area (Å²) in [6.45, 7) is 0. The quantitative estimate of drug-likeness (QED) is 0.551. The zero-order chi connectivity index (χ0) is 17.8. The maximum Gasteiger partial charge on any atom is 0.288 e. The second-order valence-electron chi connectivity index (χ2n) is 5.07. The highest BCUT2D eigenvalue weighted by molar-refractivity contribution is 6.33. The Hall–Kier alpha value is -2.99. The lowest BCUT2D eigenvalue weighted by molar-refractivity contribution is 0.0948. The molecule has 25 heavy (non-hydrogen) atoms. The fourth-order valence-corrected chi connectivity index (χ4v) is 2.45. The van der Waals surface area contributed by atoms with Crippen molar-refractivity contribution in [1.82, 2.24) is 9.99 Å². The third-order valence-corrected chi connectivity index (χ3v) is 3.78. The number of carbonyl (C=O) groups excluding carboxylic acids is 1. The van der Waals surface area contributed by atoms with Crippen LogP contribution in [0.15, 0.2) is 65.9 Å². The van der Waals surface area contributed by atoms with Gasteiger partial charge in [-0.1, -0.05) is 17.7 Å². The van der Waals surface area contributed by atoms with Gasteiger partial charge < -0.3 is 4.57 Å². The van der Waals surface area contributed by atoms with Crippen molar-refractivity contribution in [3.05, 3.63) is 88.7 Å². The van der Waals surface area contributed by atoms with Crippen LogP contribution >= 0.6 is 11.6 Å². The molecule has 0 atom stereocenters. The number of benzene rings is 2. The van der Waals surface area contributed by atoms with E-state index in [0.29, 0.717) is 11.4 Å². The molecule has 0 spiro atoms. The molecule has 1 aromatic heterocycles. The molecule has 0 saturated heterocycles. The van der Waals surface area contributed by atoms with E-state index >= 15 is 0 Å². The molecular weight excluding hydrogens is 348 g/mol. The molecule has 0 aliphatic rings. The van der Waals surface area contributed by atoms with Crippen LogP contribution in [-0.4, -0.2) is 16.7 Å². The van der Waals surface area contributed by atoms with Crippen molar-refractivity contribution >= 4 is 23.7 Å². The second kappa shape index (κ2) is 7.27. The fraction of sp³-hybridized carbons (Fsp3) is 0. The molecule has 2 aromatic carbocycles. The van der Waals surface area contributed by atoms with Crippen molar-refractivity contribution in [2.75, 3.05) is 0 Å². The van der Waals surface area contributed by atoms with Crippen LogP contribution in [0.4, 0.5) is 8.78 Å². The molecule has 0 radical (unpaired) electrons. The number of amides is 1. The van der Waals surface area contributed by atoms with E-state index in [2.05, 4.69) is 10.5 Å². The molecule has 4 nitrogen and oxygen atoms in total. The van der Waals surface area contributed by atoms with Gasteiger partial charge in [-0.15, -0.1) is 0 Å². The number of nitrogens with zero attached hydrogens (tertiary/aromatic N) is 2. The lowest BCUT2D eigenvalue weighted by Crippen LogP contribution is -2.20. The Balaban J connectivity index is 1.78. The zero-order valence-electron chi connectivity index (χ0n) is 12.8. The third-order valence-electron chi connectivity index (χ3n) is 3.45. The van der Waals surface area contributed by atoms with E-state index in [4.69, 9.17) is 11.6 Å². The maximum absolute atomic E-state index is 13.6. The number of rotatable bonds is 4. The van der Waals surface area contributed by atoms with Gasteiger partial charge in [-0.2, -0.15) is 5.10 Å². The van der Waals surface area contributed by atoms with Crippen molar-refractivity contribution in [2.24, 2.45) is 5.10 Å². The van der Waals surface area contributed by atoms with E-state index in [1.807, 2.05) is 0 Å². The minimum Gasteiger partial charge on any atom is -0.312 e. The first-order valence-electron chi connectivity index (χ1n) is 7.27. The predicted octanol–water partition coefficient (Wildman–Crippen LogP) is 4.17. The fourth-order valence-electron chi connectivity index (χ4n) is 2.24. The minimum absolute atomic E-state index is 0.0818. The second-order valence-corrected chi connectivity index (χ2v) is 5.48. The lowest BCUT2D eigenvalue weighted by Gasteiger charge is -2.08. The monoisotopic (exact) mass is 359 g/mol. The number of hydrogen-bond acceptors (Lipinski definition) is 2. The van der Waals surface area contributed by atoms with E-state index in [0.717, 1.165) is 6.21 Å². The summed E-state index contributed by atoms with van der Waals surface area (Å²) in [7, 11) is 0. The summed E-state index contributed by atoms with van der Waals surface area (Å²) in [5, 5.41) is 3.93. The van der Waals surface area contributed by atoms with Gasteiger partial charge in [0.1, 0.15) is 17.3 Å². The summed E-state index contributed by atoms with van der Waals surface area (Å²) in [5.74, 6) is -1.41. The van der Waals surface area contributed by atoms with Crippen LogP contribution in [-0.2, 0) is 0 Å². The van der Waals surface area contributed by atoms with Gasteiger partial charge >= 0.3 is 0 Å². The first-order chi connectivity index (χ1) is 12.1. The van der Waals surface area contributed by atoms with E-state index < -0.39 is 11.7 Å². The Kier molecular flexibility index (Phi) is 4.90. The molecule has 3 rings (SSSR count). The molecule has 126 valence electrons. The van der Waals surface area contributed by atoms with Crippen LogP contribution < -0.4 is 5.43 Å². The van der Waals surface area contributed by atoms with Crippen molar-refractivity contribution < 1.29 is 13.6 Å². The summed E-state index contributed by atoms with van der Waals surface area (Å²) >= 11 is 5.88. The highest BCUT2D eigenvalue weighted by atomic mass is 35.5. The SMILES string of the molecule is O=C(N/N=C\c1c(F)cccc1Cl)c1cccn1-c1ccc(F)cc1. The highest BCUT2D eigenvalue weighted by Crippen LogP contribution is 2.17. The highest BCUT2D eigenvalue weighted by Gasteiger charge is 2.11. The van der Waals surface area contributed by atoms with Crippen molar-refractivity contribution in [1.29, 1.82) is 0 Å². The number of hydrogen-bond donors (Lipinski definition) is 1. The number of nitrogens with one attached hydrogen (secondary N) is 1. The standard InChI is InChI=1S/C18H12ClF2N3O/c19-15-3-1-4-16(21)14(15)11-22-23-18(25)17-5-2-10-24(17)13-8-6-12(20)7-9-13/h1-11H,(H,23,25)/b22-11-. The molecule has 0 unspecified atom stereocenters. The van der Waals surface area contributed by atoms with E-state index in [-0.39, 0.29) is 16.4 Å². The minimum atomic E-state index is -0.541. The Morgan fingerprint density at radius 3 is 2.56 bits per heavy atom. The number of aromatic nitrogens is 1. The molecular formula is C18H12ClF2N3O. The molecule has 0 bridgehead atoms. The first-order valence-corrected chi connectivity index (χ1v) is 7.65. The molecule has 0 fully saturated rings. The van der Waals surface area contributed by atoms with Gasteiger partial charge in [0.2, 0.25) is 0 Å². The summed E-state index contributed by atoms with van der Waals surface area (Å²) in [6.07, 6.45) is 2.81. The van der Waals surface area contributed by atoms with Crippen LogP contribution in [0, 0.1) is 11.6 Å². The molecule has 0 aliphatic heterocycles. The Morgan fingerprint density at radius 2 is 1.84 bits per heavy atom. The average Bonchev–Trinajstić information content (AvgIpc) is 3.08. The molecule has 7 heteroatoms. The van der Waals surface area contributed by atoms with Crippen LogP contribution in [0.2, 0.25) is 5.02 Å². The Labute approximate surface area is 147 Å². The summed E-state index contributed by atoms with van der Waals surface area (Å²) in [4.78, 5) is 12.3. The van der Waals surface area contributed by atoms with E-state index in [9.17, 15) is 13.6 Å². The first kappa shape index (κ1) is 16.9. The van der Waals surface area contributed by atoms with Gasteiger partial charge in [-0.25, -0.2) is 14.2 Å². The normalized spacial score (nSPS) is 11.0. The number of carbonyl (C=O) groups is 1. The van der Waals surface area contributed by atoms with Gasteiger partial charge in [0.15, 0.2) is 0 Å². The van der Waals surface area contributed by atoms with Gasteiger partial charge in [0.05, 0.1) is 11.2 Å². The molecule has 1 N–H and O–H groups in total. The van der Waals surface area contributed by atoms with E-state index in [1.165, 1.54) is 30.3 Å². The average molecular weight is 360 g/mol. The van der Waals surface area contributed by atoms with Gasteiger partial charge in [0, 0.05) is 17.4 Å². The van der Waals surface area contributed by atoms with Crippen LogP contribution in [0.3, 0.4) is 0 Å². The van der Waals surface area contributed by atoms with Gasteiger partial charge in [0.25, 0.3) is 5.91 Å². The Bertz CT molecular complexity index is 915. The largest absolute Gasteiger partial charge is 0.312 e. The summed E-state index contributed by atoms with van der Waals surface area (Å²) in [5.41, 5.74) is 3.32. The maximum atomic E-state index is 13.6.